The third kappa shape index (κ3) is 3.51. The Hall–Kier alpha value is -1.36. The molecule has 0 spiro atoms. The molecule has 118 valence electrons. The zero-order valence-electron chi connectivity index (χ0n) is 12.8. The largest absolute Gasteiger partial charge is 0.395 e. The van der Waals surface area contributed by atoms with Gasteiger partial charge in [0, 0.05) is 19.6 Å². The number of halogens is 1. The predicted octanol–water partition coefficient (Wildman–Crippen LogP) is 2.85. The molecule has 0 amide bonds. The van der Waals surface area contributed by atoms with Crippen molar-refractivity contribution in [1.82, 2.24) is 14.5 Å². The fraction of sp³-hybridized carbons (Fsp3) is 0.471. The highest BCUT2D eigenvalue weighted by atomic mass is 35.5. The van der Waals surface area contributed by atoms with Gasteiger partial charge in [-0.05, 0) is 24.3 Å². The monoisotopic (exact) mass is 319 g/mol. The molecule has 5 heteroatoms. The van der Waals surface area contributed by atoms with Crippen molar-refractivity contribution in [2.75, 3.05) is 6.61 Å². The van der Waals surface area contributed by atoms with Crippen molar-refractivity contribution < 1.29 is 5.11 Å². The molecule has 1 heterocycles. The van der Waals surface area contributed by atoms with Crippen LogP contribution in [0.15, 0.2) is 36.5 Å². The van der Waals surface area contributed by atoms with E-state index in [9.17, 15) is 5.11 Å². The molecule has 3 rings (SSSR count). The molecule has 1 aromatic heterocycles. The van der Waals surface area contributed by atoms with Crippen LogP contribution in [-0.4, -0.2) is 32.2 Å². The highest BCUT2D eigenvalue weighted by Crippen LogP contribution is 2.36. The first-order chi connectivity index (χ1) is 10.7. The van der Waals surface area contributed by atoms with Gasteiger partial charge < -0.3 is 9.67 Å². The van der Waals surface area contributed by atoms with E-state index in [4.69, 9.17) is 11.6 Å². The molecule has 1 aliphatic carbocycles. The molecule has 0 aliphatic heterocycles. The second kappa shape index (κ2) is 6.82. The normalized spacial score (nSPS) is 16.2. The Balaban J connectivity index is 1.80. The van der Waals surface area contributed by atoms with Gasteiger partial charge in [0.1, 0.15) is 11.0 Å². The molecule has 0 radical (unpaired) electrons. The second-order valence-corrected chi connectivity index (χ2v) is 6.42. The minimum absolute atomic E-state index is 0.190. The Morgan fingerprint density at radius 1 is 1.32 bits per heavy atom. The fourth-order valence-electron chi connectivity index (χ4n) is 2.90. The van der Waals surface area contributed by atoms with Crippen molar-refractivity contribution in [3.63, 3.8) is 0 Å². The van der Waals surface area contributed by atoms with Gasteiger partial charge in [-0.3, -0.25) is 4.90 Å². The quantitative estimate of drug-likeness (QED) is 0.853. The van der Waals surface area contributed by atoms with Crippen LogP contribution in [0.4, 0.5) is 0 Å². The summed E-state index contributed by atoms with van der Waals surface area (Å²) in [5.41, 5.74) is 1.25. The summed E-state index contributed by atoms with van der Waals surface area (Å²) in [6.07, 6.45) is 4.10. The van der Waals surface area contributed by atoms with Crippen molar-refractivity contribution >= 4 is 11.6 Å². The number of imidazole rings is 1. The van der Waals surface area contributed by atoms with Gasteiger partial charge in [-0.1, -0.05) is 41.9 Å². The van der Waals surface area contributed by atoms with Crippen LogP contribution in [0.25, 0.3) is 0 Å². The number of hydrogen-bond donors (Lipinski definition) is 1. The van der Waals surface area contributed by atoms with Gasteiger partial charge in [0.15, 0.2) is 0 Å². The lowest BCUT2D eigenvalue weighted by molar-refractivity contribution is 0.0914. The molecule has 22 heavy (non-hydrogen) atoms. The maximum Gasteiger partial charge on any atom is 0.128 e. The summed E-state index contributed by atoms with van der Waals surface area (Å²) in [5.74, 6) is 1.53. The summed E-state index contributed by atoms with van der Waals surface area (Å²) in [6, 6.07) is 10.6. The molecule has 0 saturated heterocycles. The van der Waals surface area contributed by atoms with Gasteiger partial charge in [-0.15, -0.1) is 0 Å². The summed E-state index contributed by atoms with van der Waals surface area (Å²) in [4.78, 5) is 6.73. The Morgan fingerprint density at radius 3 is 2.59 bits per heavy atom. The molecule has 1 aromatic carbocycles. The standard InChI is InChI=1S/C17H22ClN3O/c1-20-16(18)9-19-17(20)11-21(15(12-22)14-7-8-14)10-13-5-3-2-4-6-13/h2-6,9,14-15,22H,7-8,10-12H2,1H3. The van der Waals surface area contributed by atoms with Gasteiger partial charge in [0.2, 0.25) is 0 Å². The molecule has 0 bridgehead atoms. The van der Waals surface area contributed by atoms with E-state index in [0.29, 0.717) is 17.6 Å². The topological polar surface area (TPSA) is 41.3 Å². The highest BCUT2D eigenvalue weighted by Gasteiger charge is 2.35. The van der Waals surface area contributed by atoms with E-state index >= 15 is 0 Å². The molecular formula is C17H22ClN3O. The predicted molar refractivity (Wildman–Crippen MR) is 87.5 cm³/mol. The maximum absolute atomic E-state index is 9.84. The number of aromatic nitrogens is 2. The van der Waals surface area contributed by atoms with Crippen LogP contribution in [0.1, 0.15) is 24.2 Å². The second-order valence-electron chi connectivity index (χ2n) is 6.03. The van der Waals surface area contributed by atoms with E-state index in [1.165, 1.54) is 18.4 Å². The number of rotatable bonds is 7. The van der Waals surface area contributed by atoms with Crippen molar-refractivity contribution in [2.24, 2.45) is 13.0 Å². The third-order valence-corrected chi connectivity index (χ3v) is 4.77. The average molecular weight is 320 g/mol. The van der Waals surface area contributed by atoms with Crippen molar-refractivity contribution in [2.45, 2.75) is 32.0 Å². The minimum Gasteiger partial charge on any atom is -0.395 e. The van der Waals surface area contributed by atoms with E-state index in [1.54, 1.807) is 6.20 Å². The van der Waals surface area contributed by atoms with Crippen molar-refractivity contribution in [1.29, 1.82) is 0 Å². The van der Waals surface area contributed by atoms with Gasteiger partial charge in [-0.25, -0.2) is 4.98 Å². The van der Waals surface area contributed by atoms with E-state index in [2.05, 4.69) is 34.1 Å². The average Bonchev–Trinajstić information content (AvgIpc) is 3.31. The summed E-state index contributed by atoms with van der Waals surface area (Å²) < 4.78 is 1.90. The van der Waals surface area contributed by atoms with Crippen molar-refractivity contribution in [3.8, 4) is 0 Å². The Labute approximate surface area is 136 Å². The smallest absolute Gasteiger partial charge is 0.128 e. The van der Waals surface area contributed by atoms with Crippen LogP contribution >= 0.6 is 11.6 Å². The van der Waals surface area contributed by atoms with E-state index in [1.807, 2.05) is 17.7 Å². The van der Waals surface area contributed by atoms with Gasteiger partial charge in [0.25, 0.3) is 0 Å². The Bertz CT molecular complexity index is 610. The van der Waals surface area contributed by atoms with Gasteiger partial charge in [0.05, 0.1) is 19.3 Å². The molecule has 1 N–H and O–H groups in total. The summed E-state index contributed by atoms with van der Waals surface area (Å²) in [7, 11) is 1.93. The van der Waals surface area contributed by atoms with Crippen LogP contribution in [-0.2, 0) is 20.1 Å². The van der Waals surface area contributed by atoms with Crippen LogP contribution in [0.5, 0.6) is 0 Å². The third-order valence-electron chi connectivity index (χ3n) is 4.42. The van der Waals surface area contributed by atoms with Crippen LogP contribution in [0.3, 0.4) is 0 Å². The van der Waals surface area contributed by atoms with Gasteiger partial charge in [-0.2, -0.15) is 0 Å². The molecule has 1 saturated carbocycles. The first-order valence-corrected chi connectivity index (χ1v) is 8.11. The minimum atomic E-state index is 0.190. The number of nitrogens with zero attached hydrogens (tertiary/aromatic N) is 3. The zero-order valence-corrected chi connectivity index (χ0v) is 13.6. The number of aliphatic hydroxyl groups excluding tert-OH is 1. The summed E-state index contributed by atoms with van der Waals surface area (Å²) in [6.45, 7) is 1.70. The highest BCUT2D eigenvalue weighted by molar-refractivity contribution is 6.29. The number of hydrogen-bond acceptors (Lipinski definition) is 3. The molecule has 1 atom stereocenters. The van der Waals surface area contributed by atoms with Crippen molar-refractivity contribution in [3.05, 3.63) is 53.1 Å². The van der Waals surface area contributed by atoms with E-state index in [-0.39, 0.29) is 12.6 Å². The molecule has 1 aliphatic rings. The fourth-order valence-corrected chi connectivity index (χ4v) is 3.05. The number of aliphatic hydroxyl groups is 1. The molecule has 2 aromatic rings. The van der Waals surface area contributed by atoms with Crippen LogP contribution in [0, 0.1) is 5.92 Å². The van der Waals surface area contributed by atoms with E-state index in [0.717, 1.165) is 12.4 Å². The molecule has 4 nitrogen and oxygen atoms in total. The van der Waals surface area contributed by atoms with Crippen LogP contribution in [0.2, 0.25) is 5.15 Å². The summed E-state index contributed by atoms with van der Waals surface area (Å²) >= 11 is 6.09. The lowest BCUT2D eigenvalue weighted by Gasteiger charge is -2.30. The zero-order chi connectivity index (χ0) is 15.5. The lowest BCUT2D eigenvalue weighted by Crippen LogP contribution is -2.39. The number of benzene rings is 1. The maximum atomic E-state index is 9.84. The summed E-state index contributed by atoms with van der Waals surface area (Å²) in [5, 5.41) is 10.5. The lowest BCUT2D eigenvalue weighted by atomic mass is 10.1. The van der Waals surface area contributed by atoms with Gasteiger partial charge >= 0.3 is 0 Å². The Kier molecular flexibility index (Phi) is 4.81. The molecule has 1 unspecified atom stereocenters. The van der Waals surface area contributed by atoms with E-state index < -0.39 is 0 Å². The first kappa shape index (κ1) is 15.5. The first-order valence-electron chi connectivity index (χ1n) is 7.74. The SMILES string of the molecule is Cn1c(Cl)cnc1CN(Cc1ccccc1)C(CO)C1CC1. The molecule has 1 fully saturated rings. The van der Waals surface area contributed by atoms with Crippen LogP contribution < -0.4 is 0 Å². The Morgan fingerprint density at radius 2 is 2.05 bits per heavy atom. The molecular weight excluding hydrogens is 298 g/mol.